The van der Waals surface area contributed by atoms with E-state index in [2.05, 4.69) is 24.0 Å². The number of hydrogen-bond donors (Lipinski definition) is 2. The van der Waals surface area contributed by atoms with Crippen LogP contribution in [0.25, 0.3) is 0 Å². The van der Waals surface area contributed by atoms with Gasteiger partial charge in [0, 0.05) is 25.3 Å². The van der Waals surface area contributed by atoms with Gasteiger partial charge in [0.1, 0.15) is 0 Å². The van der Waals surface area contributed by atoms with Crippen LogP contribution in [0.15, 0.2) is 18.2 Å². The van der Waals surface area contributed by atoms with Crippen molar-refractivity contribution in [3.63, 3.8) is 0 Å². The molecule has 0 saturated carbocycles. The second-order valence-electron chi connectivity index (χ2n) is 4.97. The molecule has 98 valence electrons. The number of primary amides is 1. The first-order valence-corrected chi connectivity index (χ1v) is 6.46. The fraction of sp³-hybridized carbons (Fsp3) is 0.500. The second kappa shape index (κ2) is 5.40. The summed E-state index contributed by atoms with van der Waals surface area (Å²) in [7, 11) is 0. The maximum absolute atomic E-state index is 11.3. The summed E-state index contributed by atoms with van der Waals surface area (Å²) >= 11 is 0. The highest BCUT2D eigenvalue weighted by Crippen LogP contribution is 2.29. The molecular formula is C14H21N3O. The van der Waals surface area contributed by atoms with Gasteiger partial charge in [0.15, 0.2) is 0 Å². The summed E-state index contributed by atoms with van der Waals surface area (Å²) in [5.41, 5.74) is 14.8. The van der Waals surface area contributed by atoms with Crippen molar-refractivity contribution in [2.75, 3.05) is 18.0 Å². The Morgan fingerprint density at radius 3 is 2.94 bits per heavy atom. The molecule has 1 saturated heterocycles. The van der Waals surface area contributed by atoms with E-state index in [0.717, 1.165) is 24.9 Å². The van der Waals surface area contributed by atoms with Gasteiger partial charge in [0.2, 0.25) is 5.91 Å². The Labute approximate surface area is 108 Å². The Balaban J connectivity index is 2.28. The molecular weight excluding hydrogens is 226 g/mol. The third kappa shape index (κ3) is 2.48. The van der Waals surface area contributed by atoms with Crippen LogP contribution in [0.1, 0.15) is 24.0 Å². The first kappa shape index (κ1) is 12.9. The Morgan fingerprint density at radius 2 is 2.28 bits per heavy atom. The minimum Gasteiger partial charge on any atom is -0.370 e. The molecule has 0 aliphatic carbocycles. The molecule has 0 aromatic heterocycles. The molecule has 1 aliphatic heterocycles. The van der Waals surface area contributed by atoms with Crippen LogP contribution in [0.2, 0.25) is 0 Å². The molecule has 1 aromatic carbocycles. The minimum atomic E-state index is -0.192. The molecule has 0 spiro atoms. The number of hydrogen-bond acceptors (Lipinski definition) is 3. The minimum absolute atomic E-state index is 0.0380. The van der Waals surface area contributed by atoms with E-state index < -0.39 is 0 Å². The number of aryl methyl sites for hydroxylation is 1. The highest BCUT2D eigenvalue weighted by molar-refractivity contribution is 5.78. The zero-order valence-corrected chi connectivity index (χ0v) is 10.9. The molecule has 0 radical (unpaired) electrons. The number of nitrogens with two attached hydrogens (primary N) is 2. The molecule has 2 rings (SSSR count). The van der Waals surface area contributed by atoms with Crippen molar-refractivity contribution in [3.8, 4) is 0 Å². The number of rotatable bonds is 3. The summed E-state index contributed by atoms with van der Waals surface area (Å²) in [5.74, 6) is -0.230. The molecule has 4 N–H and O–H groups in total. The zero-order valence-electron chi connectivity index (χ0n) is 10.9. The zero-order chi connectivity index (χ0) is 13.1. The molecule has 1 heterocycles. The highest BCUT2D eigenvalue weighted by atomic mass is 16.1. The summed E-state index contributed by atoms with van der Waals surface area (Å²) < 4.78 is 0. The lowest BCUT2D eigenvalue weighted by Crippen LogP contribution is -2.41. The standard InChI is InChI=1S/C14H21N3O/c1-10-4-2-5-11(8-15)13(10)17-7-3-6-12(9-17)14(16)18/h2,4-5,12H,3,6-9,15H2,1H3,(H2,16,18). The average Bonchev–Trinajstić information content (AvgIpc) is 2.38. The number of carbonyl (C=O) groups excluding carboxylic acids is 1. The number of nitrogens with zero attached hydrogens (tertiary/aromatic N) is 1. The van der Waals surface area contributed by atoms with E-state index in [9.17, 15) is 4.79 Å². The van der Waals surface area contributed by atoms with Crippen molar-refractivity contribution in [1.29, 1.82) is 0 Å². The summed E-state index contributed by atoms with van der Waals surface area (Å²) in [6.07, 6.45) is 1.90. The van der Waals surface area contributed by atoms with E-state index in [0.29, 0.717) is 13.1 Å². The fourth-order valence-electron chi connectivity index (χ4n) is 2.75. The maximum atomic E-state index is 11.3. The molecule has 1 unspecified atom stereocenters. The summed E-state index contributed by atoms with van der Waals surface area (Å²) in [6, 6.07) is 6.16. The van der Waals surface area contributed by atoms with E-state index in [4.69, 9.17) is 11.5 Å². The van der Waals surface area contributed by atoms with Gasteiger partial charge in [-0.3, -0.25) is 4.79 Å². The Bertz CT molecular complexity index is 445. The van der Waals surface area contributed by atoms with Crippen LogP contribution in [0, 0.1) is 12.8 Å². The first-order chi connectivity index (χ1) is 8.63. The smallest absolute Gasteiger partial charge is 0.222 e. The number of anilines is 1. The third-order valence-electron chi connectivity index (χ3n) is 3.68. The highest BCUT2D eigenvalue weighted by Gasteiger charge is 2.25. The predicted octanol–water partition coefficient (Wildman–Crippen LogP) is 1.16. The second-order valence-corrected chi connectivity index (χ2v) is 4.97. The van der Waals surface area contributed by atoms with Crippen molar-refractivity contribution in [2.45, 2.75) is 26.3 Å². The van der Waals surface area contributed by atoms with Crippen LogP contribution < -0.4 is 16.4 Å². The molecule has 4 nitrogen and oxygen atoms in total. The Hall–Kier alpha value is -1.55. The van der Waals surface area contributed by atoms with Crippen LogP contribution in [-0.2, 0) is 11.3 Å². The van der Waals surface area contributed by atoms with E-state index in [1.165, 1.54) is 11.3 Å². The molecule has 18 heavy (non-hydrogen) atoms. The first-order valence-electron chi connectivity index (χ1n) is 6.46. The Morgan fingerprint density at radius 1 is 1.50 bits per heavy atom. The van der Waals surface area contributed by atoms with Gasteiger partial charge in [-0.15, -0.1) is 0 Å². The van der Waals surface area contributed by atoms with Crippen LogP contribution in [0.4, 0.5) is 5.69 Å². The number of benzene rings is 1. The van der Waals surface area contributed by atoms with Gasteiger partial charge in [0.05, 0.1) is 5.92 Å². The maximum Gasteiger partial charge on any atom is 0.222 e. The van der Waals surface area contributed by atoms with Gasteiger partial charge in [-0.2, -0.15) is 0 Å². The van der Waals surface area contributed by atoms with Crippen molar-refractivity contribution >= 4 is 11.6 Å². The van der Waals surface area contributed by atoms with Gasteiger partial charge in [-0.1, -0.05) is 18.2 Å². The SMILES string of the molecule is Cc1cccc(CN)c1N1CCCC(C(N)=O)C1. The predicted molar refractivity (Wildman–Crippen MR) is 73.2 cm³/mol. The topological polar surface area (TPSA) is 72.3 Å². The molecule has 1 amide bonds. The molecule has 1 aromatic rings. The quantitative estimate of drug-likeness (QED) is 0.841. The van der Waals surface area contributed by atoms with Gasteiger partial charge in [0.25, 0.3) is 0 Å². The van der Waals surface area contributed by atoms with Crippen molar-refractivity contribution in [3.05, 3.63) is 29.3 Å². The lowest BCUT2D eigenvalue weighted by molar-refractivity contribution is -0.122. The van der Waals surface area contributed by atoms with Gasteiger partial charge in [-0.25, -0.2) is 0 Å². The van der Waals surface area contributed by atoms with Gasteiger partial charge >= 0.3 is 0 Å². The van der Waals surface area contributed by atoms with E-state index in [-0.39, 0.29) is 11.8 Å². The molecule has 1 fully saturated rings. The van der Waals surface area contributed by atoms with E-state index >= 15 is 0 Å². The number of para-hydroxylation sites is 1. The van der Waals surface area contributed by atoms with E-state index in [1.54, 1.807) is 0 Å². The monoisotopic (exact) mass is 247 g/mol. The lowest BCUT2D eigenvalue weighted by atomic mass is 9.95. The van der Waals surface area contributed by atoms with Crippen LogP contribution >= 0.6 is 0 Å². The van der Waals surface area contributed by atoms with Gasteiger partial charge in [-0.05, 0) is 30.9 Å². The van der Waals surface area contributed by atoms with Crippen molar-refractivity contribution in [2.24, 2.45) is 17.4 Å². The molecule has 1 aliphatic rings. The number of piperidine rings is 1. The third-order valence-corrected chi connectivity index (χ3v) is 3.68. The van der Waals surface area contributed by atoms with Crippen LogP contribution in [0.3, 0.4) is 0 Å². The molecule has 1 atom stereocenters. The van der Waals surface area contributed by atoms with Crippen LogP contribution in [-0.4, -0.2) is 19.0 Å². The molecule has 0 bridgehead atoms. The average molecular weight is 247 g/mol. The van der Waals surface area contributed by atoms with E-state index in [1.807, 2.05) is 6.07 Å². The van der Waals surface area contributed by atoms with Crippen molar-refractivity contribution < 1.29 is 4.79 Å². The lowest BCUT2D eigenvalue weighted by Gasteiger charge is -2.35. The Kier molecular flexibility index (Phi) is 3.87. The summed E-state index contributed by atoms with van der Waals surface area (Å²) in [5, 5.41) is 0. The van der Waals surface area contributed by atoms with Crippen molar-refractivity contribution in [1.82, 2.24) is 0 Å². The number of carbonyl (C=O) groups is 1. The van der Waals surface area contributed by atoms with Gasteiger partial charge < -0.3 is 16.4 Å². The van der Waals surface area contributed by atoms with Crippen LogP contribution in [0.5, 0.6) is 0 Å². The fourth-order valence-corrected chi connectivity index (χ4v) is 2.75. The normalized spacial score (nSPS) is 19.9. The largest absolute Gasteiger partial charge is 0.370 e. The summed E-state index contributed by atoms with van der Waals surface area (Å²) in [4.78, 5) is 13.6. The number of amides is 1. The molecule has 4 heteroatoms. The summed E-state index contributed by atoms with van der Waals surface area (Å²) in [6.45, 7) is 4.30.